The summed E-state index contributed by atoms with van der Waals surface area (Å²) >= 11 is 0. The van der Waals surface area contributed by atoms with E-state index in [1.807, 2.05) is 19.1 Å². The Hall–Kier alpha value is -5.84. The van der Waals surface area contributed by atoms with Gasteiger partial charge in [0, 0.05) is 37.8 Å². The predicted molar refractivity (Wildman–Crippen MR) is 204 cm³/mol. The highest BCUT2D eigenvalue weighted by atomic mass is 16.4. The maximum absolute atomic E-state index is 13.8. The van der Waals surface area contributed by atoms with E-state index in [0.29, 0.717) is 16.9 Å². The Bertz CT molecular complexity index is 1680. The van der Waals surface area contributed by atoms with Crippen LogP contribution in [0.15, 0.2) is 48.5 Å². The molecule has 0 aliphatic rings. The molecule has 17 nitrogen and oxygen atoms in total. The molecule has 9 N–H and O–H groups in total. The number of carboxylic acid groups (broad SMARTS) is 1. The number of carbonyl (C=O) groups is 8. The molecule has 55 heavy (non-hydrogen) atoms. The Morgan fingerprint density at radius 2 is 1.53 bits per heavy atom. The summed E-state index contributed by atoms with van der Waals surface area (Å²) in [4.78, 5) is 102. The number of aryl methyl sites for hydroxylation is 1. The molecular weight excluding hydrogens is 714 g/mol. The van der Waals surface area contributed by atoms with Gasteiger partial charge in [-0.2, -0.15) is 0 Å². The van der Waals surface area contributed by atoms with E-state index < -0.39 is 85.0 Å². The Morgan fingerprint density at radius 1 is 0.873 bits per heavy atom. The Morgan fingerprint density at radius 3 is 2.09 bits per heavy atom. The molecule has 2 rings (SSSR count). The van der Waals surface area contributed by atoms with Crippen molar-refractivity contribution in [3.63, 3.8) is 0 Å². The van der Waals surface area contributed by atoms with E-state index in [4.69, 9.17) is 5.73 Å². The van der Waals surface area contributed by atoms with E-state index in [1.165, 1.54) is 18.9 Å². The number of aliphatic hydroxyl groups excluding tert-OH is 1. The fourth-order valence-corrected chi connectivity index (χ4v) is 5.67. The zero-order valence-corrected chi connectivity index (χ0v) is 31.8. The molecule has 0 heterocycles. The number of urea groups is 2. The van der Waals surface area contributed by atoms with E-state index in [9.17, 15) is 48.6 Å². The fourth-order valence-electron chi connectivity index (χ4n) is 5.67. The molecule has 0 aliphatic heterocycles. The van der Waals surface area contributed by atoms with Crippen molar-refractivity contribution in [3.8, 4) is 0 Å². The van der Waals surface area contributed by atoms with E-state index >= 15 is 0 Å². The highest BCUT2D eigenvalue weighted by Crippen LogP contribution is 2.17. The van der Waals surface area contributed by atoms with Crippen molar-refractivity contribution in [1.82, 2.24) is 20.9 Å². The minimum absolute atomic E-state index is 0.0103. The molecule has 300 valence electrons. The van der Waals surface area contributed by atoms with Gasteiger partial charge in [-0.25, -0.2) is 9.59 Å². The van der Waals surface area contributed by atoms with Crippen LogP contribution in [0.5, 0.6) is 0 Å². The Labute approximate surface area is 320 Å². The van der Waals surface area contributed by atoms with Crippen LogP contribution in [0.1, 0.15) is 64.0 Å². The molecule has 0 bridgehead atoms. The molecule has 2 aromatic carbocycles. The van der Waals surface area contributed by atoms with Crippen molar-refractivity contribution in [1.29, 1.82) is 0 Å². The van der Waals surface area contributed by atoms with Gasteiger partial charge in [-0.1, -0.05) is 44.2 Å². The molecule has 4 atom stereocenters. The topological polar surface area (TPSA) is 266 Å². The Balaban J connectivity index is 2.21. The lowest BCUT2D eigenvalue weighted by Gasteiger charge is -2.30. The molecular formula is C38H53N7O10. The van der Waals surface area contributed by atoms with Crippen molar-refractivity contribution in [2.24, 2.45) is 17.6 Å². The van der Waals surface area contributed by atoms with Crippen LogP contribution in [0.2, 0.25) is 0 Å². The molecule has 0 radical (unpaired) electrons. The summed E-state index contributed by atoms with van der Waals surface area (Å²) in [6.45, 7) is 5.90. The number of hydrogen-bond acceptors (Lipinski definition) is 9. The number of carboxylic acids is 1. The van der Waals surface area contributed by atoms with Crippen molar-refractivity contribution >= 4 is 58.7 Å². The van der Waals surface area contributed by atoms with Crippen LogP contribution in [-0.2, 0) is 35.2 Å². The van der Waals surface area contributed by atoms with Crippen molar-refractivity contribution in [2.75, 3.05) is 30.8 Å². The maximum atomic E-state index is 13.8. The number of likely N-dealkylation sites (N-methyl/N-ethyl adjacent to an activating group) is 1. The molecule has 17 heteroatoms. The molecule has 0 saturated heterocycles. The molecule has 0 saturated carbocycles. The lowest BCUT2D eigenvalue weighted by molar-refractivity contribution is -0.141. The van der Waals surface area contributed by atoms with Crippen LogP contribution in [0.3, 0.4) is 0 Å². The van der Waals surface area contributed by atoms with Gasteiger partial charge in [0.1, 0.15) is 6.04 Å². The van der Waals surface area contributed by atoms with Crippen molar-refractivity contribution < 1.29 is 48.6 Å². The number of nitrogens with one attached hydrogen (secondary N) is 5. The first-order valence-corrected chi connectivity index (χ1v) is 17.9. The van der Waals surface area contributed by atoms with E-state index in [0.717, 1.165) is 5.56 Å². The first kappa shape index (κ1) is 45.3. The molecule has 0 unspecified atom stereocenters. The van der Waals surface area contributed by atoms with Crippen LogP contribution in [0.25, 0.3) is 0 Å². The van der Waals surface area contributed by atoms with E-state index in [2.05, 4.69) is 26.6 Å². The summed E-state index contributed by atoms with van der Waals surface area (Å²) in [7, 11) is 1.39. The summed E-state index contributed by atoms with van der Waals surface area (Å²) in [6, 6.07) is 9.07. The maximum Gasteiger partial charge on any atom is 0.323 e. The fraction of sp³-hybridized carbons (Fsp3) is 0.474. The monoisotopic (exact) mass is 767 g/mol. The first-order valence-electron chi connectivity index (χ1n) is 17.9. The lowest BCUT2D eigenvalue weighted by Crippen LogP contribution is -2.53. The van der Waals surface area contributed by atoms with Gasteiger partial charge in [-0.3, -0.25) is 28.8 Å². The summed E-state index contributed by atoms with van der Waals surface area (Å²) in [5, 5.41) is 32.3. The van der Waals surface area contributed by atoms with Gasteiger partial charge in [0.2, 0.25) is 17.7 Å². The number of para-hydroxylation sites is 1. The third-order valence-electron chi connectivity index (χ3n) is 8.87. The van der Waals surface area contributed by atoms with Crippen LogP contribution in [-0.4, -0.2) is 101 Å². The highest BCUT2D eigenvalue weighted by molar-refractivity contribution is 6.00. The predicted octanol–water partition coefficient (Wildman–Crippen LogP) is 2.10. The van der Waals surface area contributed by atoms with Gasteiger partial charge in [-0.15, -0.1) is 0 Å². The number of hydrogen-bond donors (Lipinski definition) is 8. The number of ketones is 2. The average Bonchev–Trinajstić information content (AvgIpc) is 3.11. The summed E-state index contributed by atoms with van der Waals surface area (Å²) < 4.78 is 0. The summed E-state index contributed by atoms with van der Waals surface area (Å²) in [6.07, 6.45) is -1.39. The molecule has 0 aromatic heterocycles. The highest BCUT2D eigenvalue weighted by Gasteiger charge is 2.33. The molecule has 0 fully saturated rings. The van der Waals surface area contributed by atoms with Gasteiger partial charge >= 0.3 is 18.0 Å². The van der Waals surface area contributed by atoms with Crippen LogP contribution in [0.4, 0.5) is 21.0 Å². The normalized spacial score (nSPS) is 13.0. The van der Waals surface area contributed by atoms with Gasteiger partial charge in [0.15, 0.2) is 11.6 Å². The number of nitrogens with zero attached hydrogens (tertiary/aromatic N) is 1. The molecule has 0 aliphatic carbocycles. The third-order valence-corrected chi connectivity index (χ3v) is 8.87. The largest absolute Gasteiger partial charge is 0.481 e. The van der Waals surface area contributed by atoms with Gasteiger partial charge in [0.05, 0.1) is 31.0 Å². The molecule has 2 aromatic rings. The van der Waals surface area contributed by atoms with Crippen LogP contribution in [0, 0.1) is 18.8 Å². The molecule has 7 amide bonds. The summed E-state index contributed by atoms with van der Waals surface area (Å²) in [5.41, 5.74) is 7.71. The van der Waals surface area contributed by atoms with Crippen LogP contribution >= 0.6 is 0 Å². The number of amides is 7. The number of nitrogens with two attached hydrogens (primary N) is 1. The quantitative estimate of drug-likeness (QED) is 0.0809. The number of anilines is 2. The first-order chi connectivity index (χ1) is 25.9. The van der Waals surface area contributed by atoms with E-state index in [1.54, 1.807) is 50.2 Å². The summed E-state index contributed by atoms with van der Waals surface area (Å²) in [5.74, 6) is -5.91. The number of aliphatic carboxylic acids is 1. The second kappa shape index (κ2) is 22.4. The SMILES string of the molecule is CC(=O)[C@@H](NC(=O)[C@H](CO)CC(=O)[C@H](CCC(=O)O)NC(=O)[C@H](CCCNC(N)=O)N(C)C(=O)Cc1ccc(NC(=O)Nc2ccccc2C)cc1)C(C)C. The number of benzene rings is 2. The van der Waals surface area contributed by atoms with Gasteiger partial charge in [0.25, 0.3) is 0 Å². The second-order valence-corrected chi connectivity index (χ2v) is 13.6. The van der Waals surface area contributed by atoms with Crippen molar-refractivity contribution in [3.05, 3.63) is 59.7 Å². The minimum Gasteiger partial charge on any atom is -0.481 e. The zero-order valence-electron chi connectivity index (χ0n) is 31.8. The number of Topliss-reactive ketones (excluding diaryl/α,β-unsaturated/α-hetero) is 2. The van der Waals surface area contributed by atoms with E-state index in [-0.39, 0.29) is 43.9 Å². The van der Waals surface area contributed by atoms with Crippen LogP contribution < -0.4 is 32.3 Å². The average molecular weight is 768 g/mol. The smallest absolute Gasteiger partial charge is 0.323 e. The number of rotatable bonds is 22. The van der Waals surface area contributed by atoms with Gasteiger partial charge < -0.3 is 47.4 Å². The number of primary amides is 1. The van der Waals surface area contributed by atoms with Gasteiger partial charge in [-0.05, 0) is 68.4 Å². The third kappa shape index (κ3) is 15.6. The minimum atomic E-state index is -1.41. The number of carbonyl (C=O) groups excluding carboxylic acids is 7. The lowest BCUT2D eigenvalue weighted by atomic mass is 9.94. The Kier molecular flexibility index (Phi) is 18.5. The van der Waals surface area contributed by atoms with Crippen molar-refractivity contribution in [2.45, 2.75) is 84.3 Å². The molecule has 0 spiro atoms. The second-order valence-electron chi connectivity index (χ2n) is 13.6. The standard InChI is InChI=1S/C38H53N7O10/c1-22(2)34(24(4)47)44-35(52)26(21-46)20-31(48)29(16-17-33(50)51)42-36(53)30(11-8-18-40-37(39)54)45(5)32(49)19-25-12-14-27(15-13-25)41-38(55)43-28-10-7-6-9-23(28)3/h6-7,9-10,12-15,22,26,29-30,34,46H,8,11,16-21H2,1-5H3,(H,42,53)(H,44,52)(H,50,51)(H3,39,40,54)(H2,41,43,55)/t26-,29-,30-,34-/m0/s1. The number of aliphatic hydroxyl groups is 1. The zero-order chi connectivity index (χ0) is 41.2.